The van der Waals surface area contributed by atoms with Gasteiger partial charge < -0.3 is 4.74 Å². The molecule has 0 bridgehead atoms. The number of nitrogens with zero attached hydrogens (tertiary/aromatic N) is 1. The maximum Gasteiger partial charge on any atom is 0.214 e. The van der Waals surface area contributed by atoms with Gasteiger partial charge in [-0.05, 0) is 28.9 Å². The first kappa shape index (κ1) is 9.19. The summed E-state index contributed by atoms with van der Waals surface area (Å²) in [5.41, 5.74) is 0.686. The Bertz CT molecular complexity index is 288. The number of halogens is 1. The molecule has 64 valence electrons. The van der Waals surface area contributed by atoms with Crippen LogP contribution < -0.4 is 0 Å². The summed E-state index contributed by atoms with van der Waals surface area (Å²) in [7, 11) is 0. The molecule has 1 heterocycles. The van der Waals surface area contributed by atoms with E-state index in [9.17, 15) is 0 Å². The SMILES string of the molecule is CCOC(=N)c1cncc(Br)c1. The molecule has 1 rings (SSSR count). The largest absolute Gasteiger partial charge is 0.478 e. The second-order valence-corrected chi connectivity index (χ2v) is 3.07. The summed E-state index contributed by atoms with van der Waals surface area (Å²) in [5.74, 6) is 0.159. The summed E-state index contributed by atoms with van der Waals surface area (Å²) in [6, 6.07) is 1.80. The Hall–Kier alpha value is -0.900. The van der Waals surface area contributed by atoms with Crippen LogP contribution in [0.1, 0.15) is 12.5 Å². The second kappa shape index (κ2) is 4.21. The Morgan fingerprint density at radius 1 is 1.67 bits per heavy atom. The van der Waals surface area contributed by atoms with Crippen molar-refractivity contribution in [2.75, 3.05) is 6.61 Å². The van der Waals surface area contributed by atoms with Crippen molar-refractivity contribution in [2.45, 2.75) is 6.92 Å². The van der Waals surface area contributed by atoms with Crippen molar-refractivity contribution in [3.8, 4) is 0 Å². The lowest BCUT2D eigenvalue weighted by atomic mass is 10.3. The fourth-order valence-corrected chi connectivity index (χ4v) is 1.13. The Labute approximate surface area is 79.4 Å². The van der Waals surface area contributed by atoms with Gasteiger partial charge in [-0.2, -0.15) is 0 Å². The van der Waals surface area contributed by atoms with Crippen LogP contribution in [0.4, 0.5) is 0 Å². The summed E-state index contributed by atoms with van der Waals surface area (Å²) in [6.07, 6.45) is 3.27. The summed E-state index contributed by atoms with van der Waals surface area (Å²) < 4.78 is 5.86. The predicted octanol–water partition coefficient (Wildman–Crippen LogP) is 2.21. The summed E-state index contributed by atoms with van der Waals surface area (Å²) >= 11 is 3.27. The van der Waals surface area contributed by atoms with Gasteiger partial charge in [-0.1, -0.05) is 0 Å². The molecular weight excluding hydrogens is 220 g/mol. The Balaban J connectivity index is 2.81. The van der Waals surface area contributed by atoms with Gasteiger partial charge in [0.1, 0.15) is 0 Å². The zero-order valence-electron chi connectivity index (χ0n) is 6.67. The van der Waals surface area contributed by atoms with Crippen molar-refractivity contribution in [3.05, 3.63) is 28.5 Å². The van der Waals surface area contributed by atoms with Crippen LogP contribution in [0.5, 0.6) is 0 Å². The minimum Gasteiger partial charge on any atom is -0.478 e. The second-order valence-electron chi connectivity index (χ2n) is 2.15. The van der Waals surface area contributed by atoms with Crippen LogP contribution in [0.2, 0.25) is 0 Å². The minimum absolute atomic E-state index is 0.159. The maximum absolute atomic E-state index is 7.44. The van der Waals surface area contributed by atoms with Crippen molar-refractivity contribution in [2.24, 2.45) is 0 Å². The number of hydrogen-bond acceptors (Lipinski definition) is 3. The molecule has 12 heavy (non-hydrogen) atoms. The van der Waals surface area contributed by atoms with Gasteiger partial charge in [0, 0.05) is 16.9 Å². The minimum atomic E-state index is 0.159. The van der Waals surface area contributed by atoms with Gasteiger partial charge in [-0.15, -0.1) is 0 Å². The van der Waals surface area contributed by atoms with E-state index in [1.165, 1.54) is 0 Å². The molecule has 0 saturated carbocycles. The maximum atomic E-state index is 7.44. The number of aromatic nitrogens is 1. The van der Waals surface area contributed by atoms with Gasteiger partial charge in [-0.25, -0.2) is 0 Å². The summed E-state index contributed by atoms with van der Waals surface area (Å²) in [6.45, 7) is 2.35. The van der Waals surface area contributed by atoms with Crippen LogP contribution >= 0.6 is 15.9 Å². The van der Waals surface area contributed by atoms with E-state index in [4.69, 9.17) is 10.1 Å². The number of pyridine rings is 1. The van der Waals surface area contributed by atoms with Gasteiger partial charge in [0.25, 0.3) is 0 Å². The van der Waals surface area contributed by atoms with E-state index in [1.54, 1.807) is 18.5 Å². The summed E-state index contributed by atoms with van der Waals surface area (Å²) in [4.78, 5) is 3.92. The van der Waals surface area contributed by atoms with Gasteiger partial charge in [-0.3, -0.25) is 10.4 Å². The van der Waals surface area contributed by atoms with Crippen LogP contribution in [-0.2, 0) is 4.74 Å². The van der Waals surface area contributed by atoms with Crippen molar-refractivity contribution in [1.29, 1.82) is 5.41 Å². The molecule has 1 N–H and O–H groups in total. The molecule has 3 nitrogen and oxygen atoms in total. The molecule has 0 spiro atoms. The van der Waals surface area contributed by atoms with Crippen molar-refractivity contribution >= 4 is 21.8 Å². The quantitative estimate of drug-likeness (QED) is 0.624. The molecular formula is C8H9BrN2O. The van der Waals surface area contributed by atoms with E-state index in [1.807, 2.05) is 6.92 Å². The fraction of sp³-hybridized carbons (Fsp3) is 0.250. The molecule has 1 aromatic heterocycles. The van der Waals surface area contributed by atoms with Gasteiger partial charge >= 0.3 is 0 Å². The highest BCUT2D eigenvalue weighted by Gasteiger charge is 2.01. The lowest BCUT2D eigenvalue weighted by Crippen LogP contribution is -2.04. The van der Waals surface area contributed by atoms with E-state index in [0.717, 1.165) is 4.47 Å². The van der Waals surface area contributed by atoms with Crippen LogP contribution in [0.25, 0.3) is 0 Å². The highest BCUT2D eigenvalue weighted by Crippen LogP contribution is 2.10. The molecule has 0 fully saturated rings. The predicted molar refractivity (Wildman–Crippen MR) is 50.4 cm³/mol. The monoisotopic (exact) mass is 228 g/mol. The molecule has 0 aliphatic carbocycles. The van der Waals surface area contributed by atoms with E-state index in [2.05, 4.69) is 20.9 Å². The Morgan fingerprint density at radius 3 is 3.00 bits per heavy atom. The van der Waals surface area contributed by atoms with Gasteiger partial charge in [0.05, 0.1) is 12.2 Å². The molecule has 0 radical (unpaired) electrons. The first-order valence-corrected chi connectivity index (χ1v) is 4.35. The highest BCUT2D eigenvalue weighted by atomic mass is 79.9. The highest BCUT2D eigenvalue weighted by molar-refractivity contribution is 9.10. The average Bonchev–Trinajstić information content (AvgIpc) is 2.05. The van der Waals surface area contributed by atoms with Crippen LogP contribution in [-0.4, -0.2) is 17.5 Å². The number of ether oxygens (including phenoxy) is 1. The van der Waals surface area contributed by atoms with Gasteiger partial charge in [0.2, 0.25) is 5.90 Å². The molecule has 0 aliphatic heterocycles. The topological polar surface area (TPSA) is 46.0 Å². The first-order chi connectivity index (χ1) is 5.74. The van der Waals surface area contributed by atoms with Crippen LogP contribution in [0.15, 0.2) is 22.9 Å². The van der Waals surface area contributed by atoms with Gasteiger partial charge in [0.15, 0.2) is 0 Å². The summed E-state index contributed by atoms with van der Waals surface area (Å²) in [5, 5.41) is 7.44. The van der Waals surface area contributed by atoms with Crippen LogP contribution in [0.3, 0.4) is 0 Å². The lowest BCUT2D eigenvalue weighted by molar-refractivity contribution is 0.325. The number of hydrogen-bond donors (Lipinski definition) is 1. The molecule has 0 saturated heterocycles. The van der Waals surface area contributed by atoms with E-state index < -0.39 is 0 Å². The van der Waals surface area contributed by atoms with E-state index in [-0.39, 0.29) is 5.90 Å². The van der Waals surface area contributed by atoms with E-state index in [0.29, 0.717) is 12.2 Å². The molecule has 0 amide bonds. The number of rotatable bonds is 2. The van der Waals surface area contributed by atoms with Crippen molar-refractivity contribution < 1.29 is 4.74 Å². The average molecular weight is 229 g/mol. The van der Waals surface area contributed by atoms with E-state index >= 15 is 0 Å². The molecule has 0 aromatic carbocycles. The molecule has 1 aromatic rings. The van der Waals surface area contributed by atoms with Crippen LogP contribution in [0, 0.1) is 5.41 Å². The normalized spacial score (nSPS) is 9.50. The zero-order valence-corrected chi connectivity index (χ0v) is 8.26. The molecule has 0 atom stereocenters. The standard InChI is InChI=1S/C8H9BrN2O/c1-2-12-8(10)6-3-7(9)5-11-4-6/h3-5,10H,2H2,1H3. The Morgan fingerprint density at radius 2 is 2.42 bits per heavy atom. The number of nitrogens with one attached hydrogen (secondary N) is 1. The lowest BCUT2D eigenvalue weighted by Gasteiger charge is -2.03. The third-order valence-corrected chi connectivity index (χ3v) is 1.69. The van der Waals surface area contributed by atoms with Crippen molar-refractivity contribution in [1.82, 2.24) is 4.98 Å². The smallest absolute Gasteiger partial charge is 0.214 e. The zero-order chi connectivity index (χ0) is 8.97. The fourth-order valence-electron chi connectivity index (χ4n) is 0.764. The third kappa shape index (κ3) is 2.30. The molecule has 0 aliphatic rings. The van der Waals surface area contributed by atoms with Crippen molar-refractivity contribution in [3.63, 3.8) is 0 Å². The third-order valence-electron chi connectivity index (χ3n) is 1.26. The Kier molecular flexibility index (Phi) is 3.22. The first-order valence-electron chi connectivity index (χ1n) is 3.56. The molecule has 4 heteroatoms. The molecule has 0 unspecified atom stereocenters.